The molecule has 0 unspecified atom stereocenters. The van der Waals surface area contributed by atoms with Crippen LogP contribution >= 0.6 is 31.9 Å². The molecule has 268 valence electrons. The lowest BCUT2D eigenvalue weighted by molar-refractivity contribution is 1.10. The molecule has 0 aliphatic carbocycles. The van der Waals surface area contributed by atoms with Crippen molar-refractivity contribution in [2.45, 2.75) is 0 Å². The molecule has 0 saturated carbocycles. The Balaban J connectivity index is 0.000000146. The molecule has 0 aliphatic heterocycles. The van der Waals surface area contributed by atoms with Gasteiger partial charge in [-0.15, -0.1) is 0 Å². The molecule has 6 heteroatoms. The number of benzene rings is 8. The van der Waals surface area contributed by atoms with E-state index in [0.717, 1.165) is 65.2 Å². The Morgan fingerprint density at radius 3 is 1.05 bits per heavy atom. The molecule has 0 bridgehead atoms. The van der Waals surface area contributed by atoms with E-state index < -0.39 is 0 Å². The number of fused-ring (bicyclic) bond motifs is 2. The van der Waals surface area contributed by atoms with Gasteiger partial charge in [0.15, 0.2) is 0 Å². The normalized spacial score (nSPS) is 11.0. The molecule has 0 N–H and O–H groups in total. The van der Waals surface area contributed by atoms with E-state index in [9.17, 15) is 0 Å². The van der Waals surface area contributed by atoms with Crippen molar-refractivity contribution < 1.29 is 0 Å². The Morgan fingerprint density at radius 1 is 0.304 bits per heavy atom. The molecular formula is C50H34Br2N4. The van der Waals surface area contributed by atoms with Crippen LogP contribution in [0.2, 0.25) is 0 Å². The first-order chi connectivity index (χ1) is 27.6. The predicted octanol–water partition coefficient (Wildman–Crippen LogP) is 14.2. The standard InChI is InChI=1S/2C25H17BrN2/c2*26-21-11-7-9-19(17-21)18-8-6-10-20(16-18)25-27-23-14-4-5-15-24(23)28(25)22-12-2-1-3-13-22/h2*1-17H. The molecule has 10 aromatic rings. The summed E-state index contributed by atoms with van der Waals surface area (Å²) in [7, 11) is 0. The fourth-order valence-corrected chi connectivity index (χ4v) is 7.93. The Kier molecular flexibility index (Phi) is 9.97. The van der Waals surface area contributed by atoms with E-state index in [1.54, 1.807) is 0 Å². The minimum Gasteiger partial charge on any atom is -0.292 e. The molecule has 2 aromatic heterocycles. The second-order valence-electron chi connectivity index (χ2n) is 13.4. The molecule has 4 nitrogen and oxygen atoms in total. The van der Waals surface area contributed by atoms with Crippen molar-refractivity contribution in [2.75, 3.05) is 0 Å². The molecule has 0 saturated heterocycles. The van der Waals surface area contributed by atoms with Gasteiger partial charge in [0.25, 0.3) is 0 Å². The molecule has 0 amide bonds. The first-order valence-corrected chi connectivity index (χ1v) is 20.0. The van der Waals surface area contributed by atoms with Crippen LogP contribution in [0.1, 0.15) is 0 Å². The van der Waals surface area contributed by atoms with Crippen LogP contribution in [-0.2, 0) is 0 Å². The maximum absolute atomic E-state index is 4.97. The average molecular weight is 851 g/mol. The highest BCUT2D eigenvalue weighted by Gasteiger charge is 2.16. The summed E-state index contributed by atoms with van der Waals surface area (Å²) in [6, 6.07) is 71.3. The zero-order valence-corrected chi connectivity index (χ0v) is 33.3. The van der Waals surface area contributed by atoms with E-state index in [1.807, 2.05) is 36.4 Å². The molecule has 56 heavy (non-hydrogen) atoms. The van der Waals surface area contributed by atoms with Crippen LogP contribution in [0.4, 0.5) is 0 Å². The molecule has 0 radical (unpaired) electrons. The van der Waals surface area contributed by atoms with Crippen molar-refractivity contribution in [1.82, 2.24) is 19.1 Å². The summed E-state index contributed by atoms with van der Waals surface area (Å²) in [5.41, 5.74) is 13.3. The Morgan fingerprint density at radius 2 is 0.643 bits per heavy atom. The third kappa shape index (κ3) is 7.25. The van der Waals surface area contributed by atoms with Gasteiger partial charge in [-0.3, -0.25) is 9.13 Å². The van der Waals surface area contributed by atoms with Crippen LogP contribution in [0.3, 0.4) is 0 Å². The van der Waals surface area contributed by atoms with Crippen molar-refractivity contribution in [3.63, 3.8) is 0 Å². The molecule has 0 spiro atoms. The highest BCUT2D eigenvalue weighted by Crippen LogP contribution is 2.34. The van der Waals surface area contributed by atoms with Crippen LogP contribution in [-0.4, -0.2) is 19.1 Å². The van der Waals surface area contributed by atoms with Crippen LogP contribution in [0.5, 0.6) is 0 Å². The van der Waals surface area contributed by atoms with Gasteiger partial charge in [-0.05, 0) is 107 Å². The molecule has 0 atom stereocenters. The predicted molar refractivity (Wildman–Crippen MR) is 239 cm³/mol. The number of para-hydroxylation sites is 6. The van der Waals surface area contributed by atoms with Gasteiger partial charge in [-0.25, -0.2) is 9.97 Å². The van der Waals surface area contributed by atoms with Gasteiger partial charge in [0.1, 0.15) is 11.6 Å². The average Bonchev–Trinajstić information content (AvgIpc) is 3.85. The number of imidazole rings is 2. The van der Waals surface area contributed by atoms with Crippen LogP contribution in [0, 0.1) is 0 Å². The minimum absolute atomic E-state index is 0.948. The highest BCUT2D eigenvalue weighted by atomic mass is 79.9. The van der Waals surface area contributed by atoms with E-state index >= 15 is 0 Å². The summed E-state index contributed by atoms with van der Waals surface area (Å²) in [6.45, 7) is 0. The number of hydrogen-bond donors (Lipinski definition) is 0. The zero-order chi connectivity index (χ0) is 37.8. The van der Waals surface area contributed by atoms with Gasteiger partial charge in [0, 0.05) is 31.4 Å². The summed E-state index contributed by atoms with van der Waals surface area (Å²) in [6.07, 6.45) is 0. The Bertz CT molecular complexity index is 2750. The second kappa shape index (κ2) is 15.8. The maximum atomic E-state index is 4.97. The van der Waals surface area contributed by atoms with Crippen molar-refractivity contribution in [3.05, 3.63) is 215 Å². The van der Waals surface area contributed by atoms with Crippen molar-refractivity contribution in [3.8, 4) is 56.4 Å². The van der Waals surface area contributed by atoms with Crippen molar-refractivity contribution in [2.24, 2.45) is 0 Å². The van der Waals surface area contributed by atoms with Gasteiger partial charge in [-0.2, -0.15) is 0 Å². The zero-order valence-electron chi connectivity index (χ0n) is 30.2. The molecule has 0 aliphatic rings. The van der Waals surface area contributed by atoms with Crippen LogP contribution in [0.25, 0.3) is 78.5 Å². The Labute approximate surface area is 342 Å². The van der Waals surface area contributed by atoms with Gasteiger partial charge >= 0.3 is 0 Å². The molecule has 2 heterocycles. The van der Waals surface area contributed by atoms with E-state index in [2.05, 4.69) is 211 Å². The van der Waals surface area contributed by atoms with E-state index in [1.165, 1.54) is 22.3 Å². The monoisotopic (exact) mass is 848 g/mol. The van der Waals surface area contributed by atoms with Gasteiger partial charge in [-0.1, -0.05) is 153 Å². The molecule has 8 aromatic carbocycles. The lowest BCUT2D eigenvalue weighted by Crippen LogP contribution is -1.97. The van der Waals surface area contributed by atoms with Crippen molar-refractivity contribution >= 4 is 53.9 Å². The summed E-state index contributed by atoms with van der Waals surface area (Å²) in [5, 5.41) is 0. The van der Waals surface area contributed by atoms with Gasteiger partial charge in [0.2, 0.25) is 0 Å². The third-order valence-corrected chi connectivity index (χ3v) is 10.7. The lowest BCUT2D eigenvalue weighted by atomic mass is 10.0. The topological polar surface area (TPSA) is 35.6 Å². The SMILES string of the molecule is Brc1cccc(-c2cccc(-c3nc4ccccc4n3-c3ccccc3)c2)c1.Brc1cccc(-c2cccc(-c3nc4ccccc4n3-c3ccccc3)c2)c1. The van der Waals surface area contributed by atoms with E-state index in [0.29, 0.717) is 0 Å². The van der Waals surface area contributed by atoms with Crippen LogP contribution < -0.4 is 0 Å². The third-order valence-electron chi connectivity index (χ3n) is 9.71. The smallest absolute Gasteiger partial charge is 0.145 e. The maximum Gasteiger partial charge on any atom is 0.145 e. The number of rotatable bonds is 6. The number of hydrogen-bond acceptors (Lipinski definition) is 2. The fourth-order valence-electron chi connectivity index (χ4n) is 7.13. The fraction of sp³-hybridized carbons (Fsp3) is 0. The highest BCUT2D eigenvalue weighted by molar-refractivity contribution is 9.10. The molecule has 10 rings (SSSR count). The van der Waals surface area contributed by atoms with E-state index in [4.69, 9.17) is 9.97 Å². The number of halogens is 2. The summed E-state index contributed by atoms with van der Waals surface area (Å²) >= 11 is 7.14. The number of aromatic nitrogens is 4. The van der Waals surface area contributed by atoms with E-state index in [-0.39, 0.29) is 0 Å². The molecule has 0 fully saturated rings. The van der Waals surface area contributed by atoms with Crippen molar-refractivity contribution in [1.29, 1.82) is 0 Å². The summed E-state index contributed by atoms with van der Waals surface area (Å²) in [4.78, 5) is 9.93. The molecular weight excluding hydrogens is 816 g/mol. The Hall–Kier alpha value is -6.34. The minimum atomic E-state index is 0.948. The number of nitrogens with zero attached hydrogens (tertiary/aromatic N) is 4. The first-order valence-electron chi connectivity index (χ1n) is 18.4. The quantitative estimate of drug-likeness (QED) is 0.167. The van der Waals surface area contributed by atoms with Crippen LogP contribution in [0.15, 0.2) is 215 Å². The lowest BCUT2D eigenvalue weighted by Gasteiger charge is -2.11. The first kappa shape index (κ1) is 35.4. The summed E-state index contributed by atoms with van der Waals surface area (Å²) < 4.78 is 6.61. The second-order valence-corrected chi connectivity index (χ2v) is 15.2. The van der Waals surface area contributed by atoms with Gasteiger partial charge in [0.05, 0.1) is 22.1 Å². The summed E-state index contributed by atoms with van der Waals surface area (Å²) in [5.74, 6) is 1.90. The largest absolute Gasteiger partial charge is 0.292 e. The van der Waals surface area contributed by atoms with Gasteiger partial charge < -0.3 is 0 Å².